The summed E-state index contributed by atoms with van der Waals surface area (Å²) in [5, 5.41) is 15.6. The molecule has 2 aromatic carbocycles. The van der Waals surface area contributed by atoms with Crippen LogP contribution in [0.3, 0.4) is 0 Å². The van der Waals surface area contributed by atoms with Gasteiger partial charge in [0.15, 0.2) is 0 Å². The van der Waals surface area contributed by atoms with Crippen molar-refractivity contribution in [3.8, 4) is 5.75 Å². The summed E-state index contributed by atoms with van der Waals surface area (Å²) in [4.78, 5) is 42.9. The Labute approximate surface area is 238 Å². The molecule has 3 fully saturated rings. The molecule has 0 aliphatic carbocycles. The summed E-state index contributed by atoms with van der Waals surface area (Å²) in [6.45, 7) is 2.56. The molecule has 1 spiro atoms. The van der Waals surface area contributed by atoms with Crippen molar-refractivity contribution >= 4 is 68.4 Å². The molecule has 3 saturated heterocycles. The predicted octanol–water partition coefficient (Wildman–Crippen LogP) is 4.16. The van der Waals surface area contributed by atoms with Gasteiger partial charge >= 0.3 is 0 Å². The Hall–Kier alpha value is -2.27. The number of aliphatic hydroxyl groups excluding tert-OH is 1. The second kappa shape index (κ2) is 11.1. The van der Waals surface area contributed by atoms with Crippen molar-refractivity contribution in [2.75, 3.05) is 30.4 Å². The fourth-order valence-electron chi connectivity index (χ4n) is 6.00. The number of thioether (sulfide) groups is 1. The van der Waals surface area contributed by atoms with Gasteiger partial charge < -0.3 is 25.4 Å². The third-order valence-corrected chi connectivity index (χ3v) is 11.0. The monoisotopic (exact) mass is 621 g/mol. The van der Waals surface area contributed by atoms with Crippen LogP contribution in [0.15, 0.2) is 48.5 Å². The summed E-state index contributed by atoms with van der Waals surface area (Å²) in [5.74, 6) is -1.38. The molecule has 3 aliphatic rings. The Morgan fingerprint density at radius 1 is 1.18 bits per heavy atom. The molecule has 202 valence electrons. The fraction of sp³-hybridized carbons (Fsp3) is 0.444. The number of hydrogen-bond acceptors (Lipinski definition) is 6. The SMILES string of the molecule is CCOc1ccc(NC(=O)[C@H]2[C@@H]3SC4(CC3Br)C(C(=O)Nc3ccccc3Cl)N(CCCO)C(=O)[C@H]24)cc1. The molecule has 11 heteroatoms. The van der Waals surface area contributed by atoms with Gasteiger partial charge in [-0.2, -0.15) is 0 Å². The van der Waals surface area contributed by atoms with Crippen LogP contribution in [0.25, 0.3) is 0 Å². The Bertz CT molecular complexity index is 1230. The number of carbonyl (C=O) groups excluding carboxylic acids is 3. The molecule has 3 unspecified atom stereocenters. The predicted molar refractivity (Wildman–Crippen MR) is 152 cm³/mol. The van der Waals surface area contributed by atoms with Crippen LogP contribution in [0.4, 0.5) is 11.4 Å². The quantitative estimate of drug-likeness (QED) is 0.363. The molecular formula is C27H29BrClN3O5S. The van der Waals surface area contributed by atoms with E-state index in [0.29, 0.717) is 41.6 Å². The van der Waals surface area contributed by atoms with E-state index in [1.54, 1.807) is 65.2 Å². The van der Waals surface area contributed by atoms with Gasteiger partial charge in [-0.05, 0) is 56.2 Å². The molecular weight excluding hydrogens is 594 g/mol. The number of para-hydroxylation sites is 1. The molecule has 3 heterocycles. The average molecular weight is 623 g/mol. The Balaban J connectivity index is 1.45. The molecule has 2 bridgehead atoms. The largest absolute Gasteiger partial charge is 0.494 e. The van der Waals surface area contributed by atoms with E-state index >= 15 is 0 Å². The van der Waals surface area contributed by atoms with Gasteiger partial charge in [-0.25, -0.2) is 0 Å². The Kier molecular flexibility index (Phi) is 7.96. The summed E-state index contributed by atoms with van der Waals surface area (Å²) in [6.07, 6.45) is 0.904. The van der Waals surface area contributed by atoms with Crippen LogP contribution in [0.5, 0.6) is 5.75 Å². The third kappa shape index (κ3) is 4.69. The highest BCUT2D eigenvalue weighted by Gasteiger charge is 2.75. The minimum atomic E-state index is -0.804. The number of carbonyl (C=O) groups is 3. The van der Waals surface area contributed by atoms with Gasteiger partial charge in [-0.15, -0.1) is 11.8 Å². The van der Waals surface area contributed by atoms with E-state index in [1.807, 2.05) is 6.92 Å². The highest BCUT2D eigenvalue weighted by Crippen LogP contribution is 2.67. The third-order valence-electron chi connectivity index (χ3n) is 7.46. The molecule has 38 heavy (non-hydrogen) atoms. The van der Waals surface area contributed by atoms with Gasteiger partial charge in [-0.3, -0.25) is 14.4 Å². The highest BCUT2D eigenvalue weighted by atomic mass is 79.9. The maximum atomic E-state index is 13.9. The molecule has 0 aromatic heterocycles. The lowest BCUT2D eigenvalue weighted by molar-refractivity contribution is -0.138. The van der Waals surface area contributed by atoms with Crippen LogP contribution >= 0.6 is 39.3 Å². The number of anilines is 2. The maximum absolute atomic E-state index is 13.9. The average Bonchev–Trinajstić information content (AvgIpc) is 3.48. The topological polar surface area (TPSA) is 108 Å². The first-order chi connectivity index (χ1) is 18.3. The zero-order valence-electron chi connectivity index (χ0n) is 20.7. The molecule has 2 aromatic rings. The summed E-state index contributed by atoms with van der Waals surface area (Å²) in [6, 6.07) is 13.3. The highest BCUT2D eigenvalue weighted by molar-refractivity contribution is 9.09. The van der Waals surface area contributed by atoms with E-state index in [2.05, 4.69) is 26.6 Å². The number of aliphatic hydroxyl groups is 1. The smallest absolute Gasteiger partial charge is 0.248 e. The van der Waals surface area contributed by atoms with Crippen LogP contribution < -0.4 is 15.4 Å². The maximum Gasteiger partial charge on any atom is 0.248 e. The number of benzene rings is 2. The number of likely N-dealkylation sites (tertiary alicyclic amines) is 1. The summed E-state index contributed by atoms with van der Waals surface area (Å²) in [7, 11) is 0. The zero-order chi connectivity index (χ0) is 27.0. The lowest BCUT2D eigenvalue weighted by Gasteiger charge is -2.35. The second-order valence-corrected chi connectivity index (χ2v) is 12.8. The van der Waals surface area contributed by atoms with Gasteiger partial charge in [0.1, 0.15) is 11.8 Å². The van der Waals surface area contributed by atoms with Crippen molar-refractivity contribution in [2.24, 2.45) is 11.8 Å². The number of alkyl halides is 1. The summed E-state index contributed by atoms with van der Waals surface area (Å²) < 4.78 is 4.70. The van der Waals surface area contributed by atoms with E-state index in [-0.39, 0.29) is 41.0 Å². The molecule has 0 radical (unpaired) electrons. The molecule has 0 saturated carbocycles. The standard InChI is InChI=1S/C27H29BrClN3O5S/c1-2-37-16-10-8-15(9-11-16)30-24(34)20-21-26(36)32(12-5-13-33)23(27(21)14-17(28)22(20)38-27)25(35)31-19-7-4-3-6-18(19)29/h3-4,6-11,17,20-23,33H,2,5,12-14H2,1H3,(H,30,34)(H,31,35)/t17?,20-,21+,22-,23?,27?/m1/s1. The lowest BCUT2D eigenvalue weighted by atomic mass is 9.70. The number of nitrogens with zero attached hydrogens (tertiary/aromatic N) is 1. The van der Waals surface area contributed by atoms with Crippen molar-refractivity contribution in [1.29, 1.82) is 0 Å². The number of amides is 3. The summed E-state index contributed by atoms with van der Waals surface area (Å²) in [5.41, 5.74) is 1.08. The minimum absolute atomic E-state index is 0.0407. The summed E-state index contributed by atoms with van der Waals surface area (Å²) >= 11 is 11.6. The van der Waals surface area contributed by atoms with E-state index in [1.165, 1.54) is 0 Å². The number of fused-ring (bicyclic) bond motifs is 1. The second-order valence-electron chi connectivity index (χ2n) is 9.69. The van der Waals surface area contributed by atoms with Crippen molar-refractivity contribution < 1.29 is 24.2 Å². The molecule has 3 N–H and O–H groups in total. The number of rotatable bonds is 9. The van der Waals surface area contributed by atoms with Gasteiger partial charge in [0.25, 0.3) is 0 Å². The molecule has 3 aliphatic heterocycles. The minimum Gasteiger partial charge on any atom is -0.494 e. The molecule has 8 nitrogen and oxygen atoms in total. The van der Waals surface area contributed by atoms with Crippen LogP contribution in [-0.4, -0.2) is 68.4 Å². The van der Waals surface area contributed by atoms with Crippen molar-refractivity contribution in [2.45, 2.75) is 40.6 Å². The molecule has 5 rings (SSSR count). The first kappa shape index (κ1) is 27.3. The lowest BCUT2D eigenvalue weighted by Crippen LogP contribution is -2.52. The van der Waals surface area contributed by atoms with Gasteiger partial charge in [0.05, 0.1) is 33.9 Å². The molecule has 3 amide bonds. The van der Waals surface area contributed by atoms with Crippen LogP contribution in [0.2, 0.25) is 5.02 Å². The van der Waals surface area contributed by atoms with E-state index in [9.17, 15) is 19.5 Å². The number of halogens is 2. The first-order valence-corrected chi connectivity index (χ1v) is 14.8. The van der Waals surface area contributed by atoms with E-state index in [4.69, 9.17) is 16.3 Å². The number of nitrogens with one attached hydrogen (secondary N) is 2. The van der Waals surface area contributed by atoms with Crippen LogP contribution in [0, 0.1) is 11.8 Å². The Morgan fingerprint density at radius 3 is 2.61 bits per heavy atom. The first-order valence-electron chi connectivity index (χ1n) is 12.6. The van der Waals surface area contributed by atoms with Crippen LogP contribution in [-0.2, 0) is 14.4 Å². The van der Waals surface area contributed by atoms with Crippen molar-refractivity contribution in [1.82, 2.24) is 4.90 Å². The number of ether oxygens (including phenoxy) is 1. The van der Waals surface area contributed by atoms with Crippen LogP contribution in [0.1, 0.15) is 19.8 Å². The number of hydrogen-bond donors (Lipinski definition) is 3. The fourth-order valence-corrected chi connectivity index (χ4v) is 9.80. The van der Waals surface area contributed by atoms with Gasteiger partial charge in [0, 0.05) is 28.9 Å². The molecule has 6 atom stereocenters. The van der Waals surface area contributed by atoms with Gasteiger partial charge in [-0.1, -0.05) is 39.7 Å². The zero-order valence-corrected chi connectivity index (χ0v) is 23.9. The Morgan fingerprint density at radius 2 is 1.92 bits per heavy atom. The normalized spacial score (nSPS) is 29.3. The van der Waals surface area contributed by atoms with Crippen molar-refractivity contribution in [3.63, 3.8) is 0 Å². The van der Waals surface area contributed by atoms with Gasteiger partial charge in [0.2, 0.25) is 17.7 Å². The van der Waals surface area contributed by atoms with Crippen molar-refractivity contribution in [3.05, 3.63) is 53.6 Å². The van der Waals surface area contributed by atoms with E-state index in [0.717, 1.165) is 0 Å². The van der Waals surface area contributed by atoms with E-state index < -0.39 is 22.6 Å².